The molecule has 140 valence electrons. The molecular weight excluding hydrogens is 460 g/mol. The number of hydrogen-bond acceptors (Lipinski definition) is 4. The second kappa shape index (κ2) is 9.85. The Bertz CT molecular complexity index is 691. The van der Waals surface area contributed by atoms with Crippen molar-refractivity contribution in [2.75, 3.05) is 39.3 Å². The molecule has 3 rings (SSSR count). The Kier molecular flexibility index (Phi) is 7.52. The Hall–Kier alpha value is -0.920. The van der Waals surface area contributed by atoms with Gasteiger partial charge in [-0.1, -0.05) is 46.3 Å². The van der Waals surface area contributed by atoms with Gasteiger partial charge in [-0.2, -0.15) is 0 Å². The maximum absolute atomic E-state index is 10.3. The van der Waals surface area contributed by atoms with E-state index in [-0.39, 0.29) is 0 Å². The average Bonchev–Trinajstić information content (AvgIpc) is 2.63. The molecule has 1 N–H and O–H groups in total. The summed E-state index contributed by atoms with van der Waals surface area (Å²) < 4.78 is 7.61. The zero-order chi connectivity index (χ0) is 18.4. The fraction of sp³-hybridized carbons (Fsp3) is 0.400. The summed E-state index contributed by atoms with van der Waals surface area (Å²) in [6.07, 6.45) is -0.494. The monoisotopic (exact) mass is 482 g/mol. The standard InChI is InChI=1S/C20H24Br2N2O2/c21-17-6-7-20(19(22)12-17)26-15-18(25)14-24-10-8-23(9-11-24)13-16-4-2-1-3-5-16/h1-7,12,18,25H,8-11,13-15H2. The first-order valence-electron chi connectivity index (χ1n) is 8.85. The normalized spacial score (nSPS) is 17.2. The fourth-order valence-corrected chi connectivity index (χ4v) is 4.26. The third kappa shape index (κ3) is 6.06. The number of aliphatic hydroxyl groups excluding tert-OH is 1. The van der Waals surface area contributed by atoms with E-state index in [9.17, 15) is 5.11 Å². The van der Waals surface area contributed by atoms with Gasteiger partial charge in [-0.15, -0.1) is 0 Å². The van der Waals surface area contributed by atoms with Gasteiger partial charge in [0.25, 0.3) is 0 Å². The van der Waals surface area contributed by atoms with Gasteiger partial charge < -0.3 is 9.84 Å². The number of piperazine rings is 1. The number of halogens is 2. The van der Waals surface area contributed by atoms with Crippen molar-refractivity contribution < 1.29 is 9.84 Å². The van der Waals surface area contributed by atoms with Crippen molar-refractivity contribution in [2.24, 2.45) is 0 Å². The Morgan fingerprint density at radius 1 is 0.962 bits per heavy atom. The first-order chi connectivity index (χ1) is 12.6. The smallest absolute Gasteiger partial charge is 0.133 e. The van der Waals surface area contributed by atoms with Crippen LogP contribution in [0.1, 0.15) is 5.56 Å². The minimum Gasteiger partial charge on any atom is -0.490 e. The van der Waals surface area contributed by atoms with Crippen LogP contribution in [0.15, 0.2) is 57.5 Å². The number of aliphatic hydroxyl groups is 1. The highest BCUT2D eigenvalue weighted by atomic mass is 79.9. The SMILES string of the molecule is OC(COc1ccc(Br)cc1Br)CN1CCN(Cc2ccccc2)CC1. The van der Waals surface area contributed by atoms with E-state index in [4.69, 9.17) is 4.74 Å². The van der Waals surface area contributed by atoms with Gasteiger partial charge in [0.2, 0.25) is 0 Å². The molecule has 2 aromatic rings. The topological polar surface area (TPSA) is 35.9 Å². The van der Waals surface area contributed by atoms with Gasteiger partial charge in [0.05, 0.1) is 4.47 Å². The van der Waals surface area contributed by atoms with Crippen molar-refractivity contribution in [1.82, 2.24) is 9.80 Å². The fourth-order valence-electron chi connectivity index (χ4n) is 3.10. The summed E-state index contributed by atoms with van der Waals surface area (Å²) in [6.45, 7) is 5.95. The molecule has 0 spiro atoms. The van der Waals surface area contributed by atoms with Gasteiger partial charge in [0, 0.05) is 43.7 Å². The molecule has 0 aromatic heterocycles. The Morgan fingerprint density at radius 3 is 2.35 bits per heavy atom. The molecule has 1 fully saturated rings. The average molecular weight is 484 g/mol. The largest absolute Gasteiger partial charge is 0.490 e. The number of β-amino-alcohol motifs (C(OH)–C–C–N with tert-alkyl or cyclic N) is 1. The molecule has 0 amide bonds. The summed E-state index contributed by atoms with van der Waals surface area (Å²) in [5, 5.41) is 10.3. The second-order valence-corrected chi connectivity index (χ2v) is 8.37. The molecule has 26 heavy (non-hydrogen) atoms. The predicted molar refractivity (Wildman–Crippen MR) is 112 cm³/mol. The highest BCUT2D eigenvalue weighted by molar-refractivity contribution is 9.11. The molecular formula is C20H24Br2N2O2. The second-order valence-electron chi connectivity index (χ2n) is 6.60. The van der Waals surface area contributed by atoms with Crippen LogP contribution in [0.25, 0.3) is 0 Å². The zero-order valence-electron chi connectivity index (χ0n) is 14.7. The van der Waals surface area contributed by atoms with Gasteiger partial charge in [-0.05, 0) is 39.7 Å². The molecule has 0 bridgehead atoms. The lowest BCUT2D eigenvalue weighted by atomic mass is 10.2. The van der Waals surface area contributed by atoms with Crippen LogP contribution in [-0.4, -0.2) is 60.3 Å². The molecule has 1 saturated heterocycles. The molecule has 1 aliphatic rings. The molecule has 2 aromatic carbocycles. The highest BCUT2D eigenvalue weighted by Gasteiger charge is 2.19. The zero-order valence-corrected chi connectivity index (χ0v) is 17.8. The molecule has 1 atom stereocenters. The van der Waals surface area contributed by atoms with Crippen molar-refractivity contribution in [3.8, 4) is 5.75 Å². The van der Waals surface area contributed by atoms with Gasteiger partial charge in [0.15, 0.2) is 0 Å². The van der Waals surface area contributed by atoms with E-state index in [0.717, 1.165) is 47.4 Å². The van der Waals surface area contributed by atoms with Crippen molar-refractivity contribution in [3.63, 3.8) is 0 Å². The molecule has 1 heterocycles. The van der Waals surface area contributed by atoms with Crippen molar-refractivity contribution in [2.45, 2.75) is 12.6 Å². The molecule has 6 heteroatoms. The quantitative estimate of drug-likeness (QED) is 0.650. The number of hydrogen-bond donors (Lipinski definition) is 1. The van der Waals surface area contributed by atoms with Crippen LogP contribution < -0.4 is 4.74 Å². The summed E-state index contributed by atoms with van der Waals surface area (Å²) >= 11 is 6.90. The van der Waals surface area contributed by atoms with E-state index in [1.54, 1.807) is 0 Å². The number of ether oxygens (including phenoxy) is 1. The van der Waals surface area contributed by atoms with Crippen LogP contribution in [0.3, 0.4) is 0 Å². The van der Waals surface area contributed by atoms with Gasteiger partial charge in [-0.25, -0.2) is 0 Å². The van der Waals surface area contributed by atoms with E-state index < -0.39 is 6.10 Å². The maximum Gasteiger partial charge on any atom is 0.133 e. The van der Waals surface area contributed by atoms with E-state index in [0.29, 0.717) is 13.2 Å². The third-order valence-electron chi connectivity index (χ3n) is 4.51. The van der Waals surface area contributed by atoms with E-state index in [2.05, 4.69) is 72.0 Å². The first kappa shape index (κ1) is 19.8. The minimum atomic E-state index is -0.494. The molecule has 0 radical (unpaired) electrons. The Balaban J connectivity index is 1.38. The van der Waals surface area contributed by atoms with Crippen LogP contribution in [0.2, 0.25) is 0 Å². The third-order valence-corrected chi connectivity index (χ3v) is 5.62. The predicted octanol–water partition coefficient (Wildman–Crippen LogP) is 3.77. The van der Waals surface area contributed by atoms with Gasteiger partial charge in [-0.3, -0.25) is 9.80 Å². The van der Waals surface area contributed by atoms with Gasteiger partial charge >= 0.3 is 0 Å². The van der Waals surface area contributed by atoms with Crippen molar-refractivity contribution >= 4 is 31.9 Å². The van der Waals surface area contributed by atoms with Crippen molar-refractivity contribution in [3.05, 3.63) is 63.0 Å². The molecule has 1 aliphatic heterocycles. The summed E-state index contributed by atoms with van der Waals surface area (Å²) in [5.41, 5.74) is 1.36. The van der Waals surface area contributed by atoms with E-state index in [1.165, 1.54) is 5.56 Å². The molecule has 0 aliphatic carbocycles. The Morgan fingerprint density at radius 2 is 1.65 bits per heavy atom. The highest BCUT2D eigenvalue weighted by Crippen LogP contribution is 2.28. The maximum atomic E-state index is 10.3. The van der Waals surface area contributed by atoms with Crippen LogP contribution in [0, 0.1) is 0 Å². The summed E-state index contributed by atoms with van der Waals surface area (Å²) in [6, 6.07) is 16.3. The summed E-state index contributed by atoms with van der Waals surface area (Å²) in [7, 11) is 0. The molecule has 1 unspecified atom stereocenters. The molecule has 4 nitrogen and oxygen atoms in total. The van der Waals surface area contributed by atoms with Crippen LogP contribution >= 0.6 is 31.9 Å². The summed E-state index contributed by atoms with van der Waals surface area (Å²) in [5.74, 6) is 0.750. The number of rotatable bonds is 7. The van der Waals surface area contributed by atoms with Crippen LogP contribution in [-0.2, 0) is 6.54 Å². The number of benzene rings is 2. The lowest BCUT2D eigenvalue weighted by Gasteiger charge is -2.35. The molecule has 0 saturated carbocycles. The summed E-state index contributed by atoms with van der Waals surface area (Å²) in [4.78, 5) is 4.78. The lowest BCUT2D eigenvalue weighted by Crippen LogP contribution is -2.48. The van der Waals surface area contributed by atoms with Crippen LogP contribution in [0.5, 0.6) is 5.75 Å². The lowest BCUT2D eigenvalue weighted by molar-refractivity contribution is 0.0444. The van der Waals surface area contributed by atoms with Crippen molar-refractivity contribution in [1.29, 1.82) is 0 Å². The van der Waals surface area contributed by atoms with E-state index >= 15 is 0 Å². The van der Waals surface area contributed by atoms with Crippen LogP contribution in [0.4, 0.5) is 0 Å². The Labute approximate surface area is 172 Å². The first-order valence-corrected chi connectivity index (χ1v) is 10.4. The van der Waals surface area contributed by atoms with Gasteiger partial charge in [0.1, 0.15) is 18.5 Å². The number of nitrogens with zero attached hydrogens (tertiary/aromatic N) is 2. The van der Waals surface area contributed by atoms with E-state index in [1.807, 2.05) is 18.2 Å². The minimum absolute atomic E-state index is 0.296.